The lowest BCUT2D eigenvalue weighted by molar-refractivity contribution is 0.578. The first-order chi connectivity index (χ1) is 7.81. The van der Waals surface area contributed by atoms with Gasteiger partial charge in [-0.3, -0.25) is 0 Å². The number of hydrogen-bond acceptors (Lipinski definition) is 2. The number of halogens is 2. The van der Waals surface area contributed by atoms with Gasteiger partial charge in [0.2, 0.25) is 0 Å². The summed E-state index contributed by atoms with van der Waals surface area (Å²) in [4.78, 5) is 2.39. The second kappa shape index (κ2) is 7.10. The van der Waals surface area contributed by atoms with Crippen molar-refractivity contribution in [2.75, 3.05) is 24.5 Å². The van der Waals surface area contributed by atoms with E-state index in [4.69, 9.17) is 17.3 Å². The second-order valence-corrected chi connectivity index (χ2v) is 4.78. The Morgan fingerprint density at radius 3 is 2.47 bits per heavy atom. The van der Waals surface area contributed by atoms with Crippen LogP contribution in [0.5, 0.6) is 0 Å². The molecule has 2 nitrogen and oxygen atoms in total. The van der Waals surface area contributed by atoms with Crippen molar-refractivity contribution in [2.45, 2.75) is 25.7 Å². The highest BCUT2D eigenvalue weighted by atomic mass is 35.5. The van der Waals surface area contributed by atoms with E-state index in [0.717, 1.165) is 24.5 Å². The van der Waals surface area contributed by atoms with E-state index < -0.39 is 0 Å². The zero-order valence-electron chi connectivity index (χ0n) is 9.99. The molecule has 1 aromatic rings. The summed E-state index contributed by atoms with van der Waals surface area (Å²) in [5.41, 5.74) is 7.95. The van der Waals surface area contributed by atoms with Gasteiger partial charge >= 0.3 is 0 Å². The molecule has 0 amide bonds. The Hall–Kier alpha value is -0.440. The fourth-order valence-electron chi connectivity index (χ4n) is 2.26. The van der Waals surface area contributed by atoms with Crippen molar-refractivity contribution in [1.29, 1.82) is 0 Å². The van der Waals surface area contributed by atoms with Gasteiger partial charge in [-0.2, -0.15) is 0 Å². The minimum absolute atomic E-state index is 0. The van der Waals surface area contributed by atoms with E-state index in [1.54, 1.807) is 0 Å². The van der Waals surface area contributed by atoms with Gasteiger partial charge in [0.25, 0.3) is 0 Å². The van der Waals surface area contributed by atoms with Crippen LogP contribution in [0.15, 0.2) is 18.2 Å². The van der Waals surface area contributed by atoms with Crippen LogP contribution in [-0.2, 0) is 6.42 Å². The van der Waals surface area contributed by atoms with Gasteiger partial charge in [0.1, 0.15) is 0 Å². The molecule has 96 valence electrons. The molecule has 1 aliphatic rings. The van der Waals surface area contributed by atoms with Crippen molar-refractivity contribution in [3.05, 3.63) is 28.8 Å². The maximum Gasteiger partial charge on any atom is 0.0642 e. The summed E-state index contributed by atoms with van der Waals surface area (Å²) in [6.07, 6.45) is 4.81. The fourth-order valence-corrected chi connectivity index (χ4v) is 2.59. The number of hydrogen-bond donors (Lipinski definition) is 1. The molecule has 1 heterocycles. The topological polar surface area (TPSA) is 29.3 Å². The first-order valence-electron chi connectivity index (χ1n) is 6.04. The third kappa shape index (κ3) is 3.77. The van der Waals surface area contributed by atoms with Gasteiger partial charge in [-0.1, -0.05) is 17.7 Å². The summed E-state index contributed by atoms with van der Waals surface area (Å²) in [7, 11) is 0. The molecule has 1 saturated heterocycles. The van der Waals surface area contributed by atoms with Crippen molar-refractivity contribution in [1.82, 2.24) is 0 Å². The Morgan fingerprint density at radius 2 is 1.88 bits per heavy atom. The van der Waals surface area contributed by atoms with Crippen molar-refractivity contribution < 1.29 is 0 Å². The number of benzene rings is 1. The van der Waals surface area contributed by atoms with E-state index in [2.05, 4.69) is 23.1 Å². The lowest BCUT2D eigenvalue weighted by Crippen LogP contribution is -2.29. The number of anilines is 1. The molecular weight excluding hydrogens is 255 g/mol. The average molecular weight is 275 g/mol. The van der Waals surface area contributed by atoms with Crippen LogP contribution in [-0.4, -0.2) is 19.6 Å². The Labute approximate surface area is 115 Å². The average Bonchev–Trinajstić information content (AvgIpc) is 2.31. The Morgan fingerprint density at radius 1 is 1.18 bits per heavy atom. The van der Waals surface area contributed by atoms with Crippen LogP contribution in [0.2, 0.25) is 5.02 Å². The van der Waals surface area contributed by atoms with E-state index in [1.165, 1.54) is 30.5 Å². The first-order valence-corrected chi connectivity index (χ1v) is 6.42. The molecule has 1 aliphatic heterocycles. The number of nitrogens with two attached hydrogens (primary N) is 1. The molecule has 0 atom stereocenters. The van der Waals surface area contributed by atoms with Crippen LogP contribution < -0.4 is 10.6 Å². The molecule has 2 rings (SSSR count). The summed E-state index contributed by atoms with van der Waals surface area (Å²) >= 11 is 6.32. The van der Waals surface area contributed by atoms with Crippen molar-refractivity contribution in [3.8, 4) is 0 Å². The maximum atomic E-state index is 6.32. The molecule has 0 spiro atoms. The van der Waals surface area contributed by atoms with E-state index in [1.807, 2.05) is 0 Å². The van der Waals surface area contributed by atoms with Crippen LogP contribution in [0, 0.1) is 0 Å². The molecule has 0 aromatic heterocycles. The van der Waals surface area contributed by atoms with E-state index in [-0.39, 0.29) is 12.4 Å². The number of piperidine rings is 1. The van der Waals surface area contributed by atoms with E-state index in [9.17, 15) is 0 Å². The summed E-state index contributed by atoms with van der Waals surface area (Å²) < 4.78 is 0. The Bertz CT molecular complexity index is 349. The largest absolute Gasteiger partial charge is 0.370 e. The quantitative estimate of drug-likeness (QED) is 0.917. The van der Waals surface area contributed by atoms with Crippen molar-refractivity contribution in [3.63, 3.8) is 0 Å². The van der Waals surface area contributed by atoms with Crippen LogP contribution in [0.1, 0.15) is 24.8 Å². The van der Waals surface area contributed by atoms with Gasteiger partial charge in [-0.15, -0.1) is 12.4 Å². The molecule has 4 heteroatoms. The summed E-state index contributed by atoms with van der Waals surface area (Å²) in [6, 6.07) is 6.33. The molecule has 0 unspecified atom stereocenters. The van der Waals surface area contributed by atoms with E-state index in [0.29, 0.717) is 6.54 Å². The highest BCUT2D eigenvalue weighted by Gasteiger charge is 2.13. The van der Waals surface area contributed by atoms with Gasteiger partial charge in [0, 0.05) is 13.1 Å². The number of rotatable bonds is 3. The SMILES string of the molecule is Cl.NCCc1ccc(N2CCCCC2)c(Cl)c1. The summed E-state index contributed by atoms with van der Waals surface area (Å²) in [5.74, 6) is 0. The normalized spacial score (nSPS) is 15.5. The maximum absolute atomic E-state index is 6.32. The van der Waals surface area contributed by atoms with Gasteiger partial charge in [-0.05, 0) is 49.9 Å². The zero-order chi connectivity index (χ0) is 11.4. The molecule has 17 heavy (non-hydrogen) atoms. The van der Waals surface area contributed by atoms with Crippen molar-refractivity contribution >= 4 is 29.7 Å². The van der Waals surface area contributed by atoms with Gasteiger partial charge in [0.15, 0.2) is 0 Å². The minimum Gasteiger partial charge on any atom is -0.370 e. The third-order valence-corrected chi connectivity index (χ3v) is 3.44. The van der Waals surface area contributed by atoms with Crippen LogP contribution in [0.3, 0.4) is 0 Å². The summed E-state index contributed by atoms with van der Waals surface area (Å²) in [6.45, 7) is 2.95. The lowest BCUT2D eigenvalue weighted by atomic mass is 10.1. The third-order valence-electron chi connectivity index (χ3n) is 3.14. The molecule has 0 bridgehead atoms. The first kappa shape index (κ1) is 14.6. The molecule has 1 fully saturated rings. The summed E-state index contributed by atoms with van der Waals surface area (Å²) in [5, 5.41) is 0.868. The van der Waals surface area contributed by atoms with Crippen LogP contribution in [0.25, 0.3) is 0 Å². The smallest absolute Gasteiger partial charge is 0.0642 e. The van der Waals surface area contributed by atoms with Gasteiger partial charge in [-0.25, -0.2) is 0 Å². The second-order valence-electron chi connectivity index (χ2n) is 4.37. The molecule has 1 aromatic carbocycles. The monoisotopic (exact) mass is 274 g/mol. The highest BCUT2D eigenvalue weighted by molar-refractivity contribution is 6.33. The van der Waals surface area contributed by atoms with Gasteiger partial charge in [0.05, 0.1) is 10.7 Å². The molecule has 0 saturated carbocycles. The molecule has 0 radical (unpaired) electrons. The number of nitrogens with zero attached hydrogens (tertiary/aromatic N) is 1. The predicted molar refractivity (Wildman–Crippen MR) is 77.5 cm³/mol. The molecule has 2 N–H and O–H groups in total. The highest BCUT2D eigenvalue weighted by Crippen LogP contribution is 2.29. The van der Waals surface area contributed by atoms with Crippen LogP contribution >= 0.6 is 24.0 Å². The zero-order valence-corrected chi connectivity index (χ0v) is 11.6. The predicted octanol–water partition coefficient (Wildman–Crippen LogP) is 3.25. The Balaban J connectivity index is 0.00000144. The lowest BCUT2D eigenvalue weighted by Gasteiger charge is -2.29. The fraction of sp³-hybridized carbons (Fsp3) is 0.538. The minimum atomic E-state index is 0. The standard InChI is InChI=1S/C13H19ClN2.ClH/c14-12-10-11(6-7-15)4-5-13(12)16-8-2-1-3-9-16;/h4-5,10H,1-3,6-9,15H2;1H. The molecular formula is C13H20Cl2N2. The van der Waals surface area contributed by atoms with Crippen molar-refractivity contribution in [2.24, 2.45) is 5.73 Å². The molecule has 0 aliphatic carbocycles. The van der Waals surface area contributed by atoms with Crippen LogP contribution in [0.4, 0.5) is 5.69 Å². The van der Waals surface area contributed by atoms with Gasteiger partial charge < -0.3 is 10.6 Å². The van der Waals surface area contributed by atoms with E-state index >= 15 is 0 Å². The Kier molecular flexibility index (Phi) is 6.10.